The van der Waals surface area contributed by atoms with Gasteiger partial charge in [0, 0.05) is 31.1 Å². The van der Waals surface area contributed by atoms with Gasteiger partial charge in [-0.2, -0.15) is 0 Å². The Balaban J connectivity index is 1.97. The number of benzene rings is 2. The molecule has 1 N–H and O–H groups in total. The van der Waals surface area contributed by atoms with Gasteiger partial charge in [-0.25, -0.2) is 4.79 Å². The van der Waals surface area contributed by atoms with Gasteiger partial charge in [0.15, 0.2) is 6.04 Å². The van der Waals surface area contributed by atoms with Crippen LogP contribution in [0.15, 0.2) is 41.4 Å². The molecule has 21 heavy (non-hydrogen) atoms. The largest absolute Gasteiger partial charge is 0.480 e. The minimum Gasteiger partial charge on any atom is -0.480 e. The summed E-state index contributed by atoms with van der Waals surface area (Å²) in [5.41, 5.74) is 2.16. The maximum absolute atomic E-state index is 11.0. The molecule has 0 aliphatic carbocycles. The normalized spacial score (nSPS) is 17.8. The molecule has 2 aromatic carbocycles. The van der Waals surface area contributed by atoms with Crippen molar-refractivity contribution in [3.05, 3.63) is 42.0 Å². The molecule has 5 heteroatoms. The van der Waals surface area contributed by atoms with Crippen LogP contribution < -0.4 is 4.90 Å². The number of aliphatic carboxylic acids is 1. The van der Waals surface area contributed by atoms with Gasteiger partial charge in [-0.1, -0.05) is 18.2 Å². The maximum atomic E-state index is 11.0. The standard InChI is InChI=1S/C16H16N2O2S/c1-18(2)13-6-5-10-7-12(4-3-11(10)8-13)15-17-14(9-21-15)16(19)20/h3-8,14H,9H2,1-2H3,(H,19,20). The summed E-state index contributed by atoms with van der Waals surface area (Å²) in [5, 5.41) is 12.1. The number of thioether (sulfide) groups is 1. The molecule has 0 aromatic heterocycles. The maximum Gasteiger partial charge on any atom is 0.329 e. The van der Waals surface area contributed by atoms with E-state index in [9.17, 15) is 4.79 Å². The van der Waals surface area contributed by atoms with Gasteiger partial charge in [-0.05, 0) is 29.0 Å². The van der Waals surface area contributed by atoms with Gasteiger partial charge in [-0.3, -0.25) is 4.99 Å². The first kappa shape index (κ1) is 13.9. The van der Waals surface area contributed by atoms with Crippen molar-refractivity contribution in [1.29, 1.82) is 0 Å². The fraction of sp³-hybridized carbons (Fsp3) is 0.250. The van der Waals surface area contributed by atoms with Crippen LogP contribution in [0.25, 0.3) is 10.8 Å². The third-order valence-electron chi connectivity index (χ3n) is 3.52. The third kappa shape index (κ3) is 2.74. The molecule has 1 unspecified atom stereocenters. The van der Waals surface area contributed by atoms with Gasteiger partial charge < -0.3 is 10.0 Å². The smallest absolute Gasteiger partial charge is 0.329 e. The van der Waals surface area contributed by atoms with E-state index >= 15 is 0 Å². The minimum atomic E-state index is -0.853. The predicted octanol–water partition coefficient (Wildman–Crippen LogP) is 2.85. The molecule has 0 saturated heterocycles. The van der Waals surface area contributed by atoms with Crippen LogP contribution in [-0.4, -0.2) is 42.0 Å². The first-order valence-electron chi connectivity index (χ1n) is 6.69. The van der Waals surface area contributed by atoms with Crippen LogP contribution in [0.5, 0.6) is 0 Å². The fourth-order valence-corrected chi connectivity index (χ4v) is 3.33. The van der Waals surface area contributed by atoms with Crippen LogP contribution in [0.4, 0.5) is 5.69 Å². The number of hydrogen-bond donors (Lipinski definition) is 1. The molecule has 1 aliphatic rings. The molecule has 0 spiro atoms. The molecule has 1 aliphatic heterocycles. The SMILES string of the molecule is CN(C)c1ccc2cc(C3=NC(C(=O)O)CS3)ccc2c1. The number of nitrogens with zero attached hydrogens (tertiary/aromatic N) is 2. The first-order valence-corrected chi connectivity index (χ1v) is 7.68. The van der Waals surface area contributed by atoms with Crippen LogP contribution in [0.2, 0.25) is 0 Å². The Morgan fingerprint density at radius 2 is 1.95 bits per heavy atom. The number of carboxylic acids is 1. The zero-order chi connectivity index (χ0) is 15.0. The number of carboxylic acid groups (broad SMARTS) is 1. The van der Waals surface area contributed by atoms with E-state index in [1.165, 1.54) is 17.1 Å². The molecule has 0 radical (unpaired) electrons. The highest BCUT2D eigenvalue weighted by Gasteiger charge is 2.25. The van der Waals surface area contributed by atoms with Crippen molar-refractivity contribution < 1.29 is 9.90 Å². The molecular weight excluding hydrogens is 284 g/mol. The predicted molar refractivity (Wildman–Crippen MR) is 88.7 cm³/mol. The van der Waals surface area contributed by atoms with E-state index in [2.05, 4.69) is 40.2 Å². The summed E-state index contributed by atoms with van der Waals surface area (Å²) >= 11 is 1.51. The molecule has 1 heterocycles. The zero-order valence-corrected chi connectivity index (χ0v) is 12.7. The Morgan fingerprint density at radius 3 is 2.62 bits per heavy atom. The average Bonchev–Trinajstić information content (AvgIpc) is 2.96. The van der Waals surface area contributed by atoms with Gasteiger partial charge in [0.1, 0.15) is 0 Å². The number of rotatable bonds is 3. The van der Waals surface area contributed by atoms with Gasteiger partial charge in [0.05, 0.1) is 5.04 Å². The summed E-state index contributed by atoms with van der Waals surface area (Å²) in [6, 6.07) is 11.8. The van der Waals surface area contributed by atoms with Crippen molar-refractivity contribution in [3.63, 3.8) is 0 Å². The summed E-state index contributed by atoms with van der Waals surface area (Å²) in [6.07, 6.45) is 0. The van der Waals surface area contributed by atoms with Gasteiger partial charge >= 0.3 is 5.97 Å². The highest BCUT2D eigenvalue weighted by atomic mass is 32.2. The van der Waals surface area contributed by atoms with Gasteiger partial charge in [0.25, 0.3) is 0 Å². The molecule has 108 valence electrons. The highest BCUT2D eigenvalue weighted by Crippen LogP contribution is 2.27. The Bertz CT molecular complexity index is 740. The van der Waals surface area contributed by atoms with Crippen LogP contribution >= 0.6 is 11.8 Å². The second-order valence-electron chi connectivity index (χ2n) is 5.24. The minimum absolute atomic E-state index is 0.516. The molecule has 1 atom stereocenters. The lowest BCUT2D eigenvalue weighted by molar-refractivity contribution is -0.137. The van der Waals surface area contributed by atoms with E-state index in [0.29, 0.717) is 5.75 Å². The van der Waals surface area contributed by atoms with Gasteiger partial charge in [-0.15, -0.1) is 11.8 Å². The van der Waals surface area contributed by atoms with Crippen molar-refractivity contribution in [2.75, 3.05) is 24.7 Å². The second kappa shape index (κ2) is 5.41. The van der Waals surface area contributed by atoms with Crippen LogP contribution in [0.1, 0.15) is 5.56 Å². The molecule has 0 saturated carbocycles. The Labute approximate surface area is 127 Å². The van der Waals surface area contributed by atoms with Crippen molar-refractivity contribution >= 4 is 39.2 Å². The fourth-order valence-electron chi connectivity index (χ4n) is 2.30. The lowest BCUT2D eigenvalue weighted by Crippen LogP contribution is -2.17. The lowest BCUT2D eigenvalue weighted by Gasteiger charge is -2.13. The molecule has 0 amide bonds. The van der Waals surface area contributed by atoms with Crippen LogP contribution in [-0.2, 0) is 4.79 Å². The van der Waals surface area contributed by atoms with Crippen LogP contribution in [0, 0.1) is 0 Å². The number of aliphatic imine (C=N–C) groups is 1. The van der Waals surface area contributed by atoms with Crippen molar-refractivity contribution in [2.24, 2.45) is 4.99 Å². The van der Waals surface area contributed by atoms with Crippen molar-refractivity contribution in [1.82, 2.24) is 0 Å². The molecule has 0 bridgehead atoms. The summed E-state index contributed by atoms with van der Waals surface area (Å²) in [7, 11) is 4.04. The number of anilines is 1. The van der Waals surface area contributed by atoms with Crippen molar-refractivity contribution in [3.8, 4) is 0 Å². The average molecular weight is 300 g/mol. The van der Waals surface area contributed by atoms with Crippen molar-refractivity contribution in [2.45, 2.75) is 6.04 Å². The van der Waals surface area contributed by atoms with E-state index in [1.54, 1.807) is 0 Å². The van der Waals surface area contributed by atoms with E-state index < -0.39 is 12.0 Å². The molecule has 0 fully saturated rings. The Kier molecular flexibility index (Phi) is 3.59. The quantitative estimate of drug-likeness (QED) is 0.947. The summed E-state index contributed by atoms with van der Waals surface area (Å²) in [5.74, 6) is -0.337. The van der Waals surface area contributed by atoms with E-state index in [-0.39, 0.29) is 0 Å². The van der Waals surface area contributed by atoms with E-state index in [0.717, 1.165) is 21.7 Å². The third-order valence-corrected chi connectivity index (χ3v) is 4.62. The zero-order valence-electron chi connectivity index (χ0n) is 11.9. The summed E-state index contributed by atoms with van der Waals surface area (Å²) in [4.78, 5) is 17.3. The molecule has 4 nitrogen and oxygen atoms in total. The lowest BCUT2D eigenvalue weighted by atomic mass is 10.1. The number of carbonyl (C=O) groups is 1. The Morgan fingerprint density at radius 1 is 1.24 bits per heavy atom. The number of fused-ring (bicyclic) bond motifs is 1. The summed E-state index contributed by atoms with van der Waals surface area (Å²) in [6.45, 7) is 0. The first-order chi connectivity index (χ1) is 10.0. The second-order valence-corrected chi connectivity index (χ2v) is 6.25. The monoisotopic (exact) mass is 300 g/mol. The van der Waals surface area contributed by atoms with E-state index in [4.69, 9.17) is 5.11 Å². The summed E-state index contributed by atoms with van der Waals surface area (Å²) < 4.78 is 0. The number of hydrogen-bond acceptors (Lipinski definition) is 4. The Hall–Kier alpha value is -2.01. The molecule has 3 rings (SSSR count). The van der Waals surface area contributed by atoms with Crippen LogP contribution in [0.3, 0.4) is 0 Å². The highest BCUT2D eigenvalue weighted by molar-refractivity contribution is 8.14. The molecular formula is C16H16N2O2S. The van der Waals surface area contributed by atoms with Gasteiger partial charge in [0.2, 0.25) is 0 Å². The topological polar surface area (TPSA) is 52.9 Å². The molecule has 2 aromatic rings. The van der Waals surface area contributed by atoms with E-state index in [1.807, 2.05) is 20.2 Å².